The van der Waals surface area contributed by atoms with Gasteiger partial charge in [0.05, 0.1) is 5.56 Å². The van der Waals surface area contributed by atoms with E-state index in [2.05, 4.69) is 0 Å². The first-order valence-corrected chi connectivity index (χ1v) is 13.3. The Balaban J connectivity index is 1.48. The van der Waals surface area contributed by atoms with Gasteiger partial charge in [-0.25, -0.2) is 30.7 Å². The maximum Gasteiger partial charge on any atom is 0.194 e. The van der Waals surface area contributed by atoms with Gasteiger partial charge >= 0.3 is 0 Å². The SMILES string of the molecule is CCCSC(F)=C(F)c1ccc(-c2ccc(CCc3cc(F)c(-c4cc(F)c(F)c(F)c4)c(F)c3)c(F)c2)cc1. The molecular formula is C31H22F8S. The highest BCUT2D eigenvalue weighted by Crippen LogP contribution is 2.32. The van der Waals surface area contributed by atoms with Crippen molar-refractivity contribution in [2.75, 3.05) is 5.75 Å². The zero-order chi connectivity index (χ0) is 29.0. The third kappa shape index (κ3) is 6.58. The molecule has 0 bridgehead atoms. The van der Waals surface area contributed by atoms with Gasteiger partial charge in [-0.2, -0.15) is 4.39 Å². The van der Waals surface area contributed by atoms with Crippen LogP contribution < -0.4 is 0 Å². The summed E-state index contributed by atoms with van der Waals surface area (Å²) in [6.07, 6.45) is 0.848. The summed E-state index contributed by atoms with van der Waals surface area (Å²) >= 11 is 0.796. The summed E-state index contributed by atoms with van der Waals surface area (Å²) in [6.45, 7) is 1.86. The molecule has 0 N–H and O–H groups in total. The molecule has 0 saturated carbocycles. The fourth-order valence-electron chi connectivity index (χ4n) is 4.13. The average molecular weight is 579 g/mol. The van der Waals surface area contributed by atoms with Crippen molar-refractivity contribution < 1.29 is 35.1 Å². The van der Waals surface area contributed by atoms with Crippen LogP contribution in [0.5, 0.6) is 0 Å². The summed E-state index contributed by atoms with van der Waals surface area (Å²) in [7, 11) is 0. The monoisotopic (exact) mass is 578 g/mol. The smallest absolute Gasteiger partial charge is 0.194 e. The van der Waals surface area contributed by atoms with E-state index in [1.807, 2.05) is 6.92 Å². The Labute approximate surface area is 230 Å². The zero-order valence-corrected chi connectivity index (χ0v) is 21.9. The molecule has 0 heterocycles. The first-order valence-electron chi connectivity index (χ1n) is 12.3. The van der Waals surface area contributed by atoms with Gasteiger partial charge in [-0.1, -0.05) is 55.1 Å². The van der Waals surface area contributed by atoms with Crippen LogP contribution in [0, 0.1) is 34.9 Å². The molecule has 0 amide bonds. The van der Waals surface area contributed by atoms with Crippen molar-refractivity contribution in [1.29, 1.82) is 0 Å². The predicted molar refractivity (Wildman–Crippen MR) is 143 cm³/mol. The number of aryl methyl sites for hydroxylation is 2. The van der Waals surface area contributed by atoms with E-state index in [4.69, 9.17) is 0 Å². The van der Waals surface area contributed by atoms with Crippen LogP contribution in [0.25, 0.3) is 28.1 Å². The van der Waals surface area contributed by atoms with E-state index in [0.717, 1.165) is 23.9 Å². The molecule has 0 nitrogen and oxygen atoms in total. The molecule has 0 fully saturated rings. The summed E-state index contributed by atoms with van der Waals surface area (Å²) < 4.78 is 113. The molecule has 0 spiro atoms. The van der Waals surface area contributed by atoms with E-state index in [9.17, 15) is 35.1 Å². The van der Waals surface area contributed by atoms with Gasteiger partial charge in [-0.3, -0.25) is 0 Å². The molecule has 0 atom stereocenters. The molecule has 0 aromatic heterocycles. The summed E-state index contributed by atoms with van der Waals surface area (Å²) in [5, 5.41) is -0.891. The van der Waals surface area contributed by atoms with Crippen molar-refractivity contribution in [3.05, 3.63) is 123 Å². The van der Waals surface area contributed by atoms with Crippen molar-refractivity contribution >= 4 is 17.6 Å². The molecule has 4 aromatic carbocycles. The molecular weight excluding hydrogens is 556 g/mol. The molecule has 40 heavy (non-hydrogen) atoms. The number of hydrogen-bond donors (Lipinski definition) is 0. The third-order valence-corrected chi connectivity index (χ3v) is 7.23. The molecule has 0 unspecified atom stereocenters. The normalized spacial score (nSPS) is 12.0. The van der Waals surface area contributed by atoms with E-state index in [-0.39, 0.29) is 29.5 Å². The van der Waals surface area contributed by atoms with Crippen LogP contribution in [0.3, 0.4) is 0 Å². The maximum atomic E-state index is 14.9. The Morgan fingerprint density at radius 1 is 0.625 bits per heavy atom. The highest BCUT2D eigenvalue weighted by molar-refractivity contribution is 8.03. The van der Waals surface area contributed by atoms with Gasteiger partial charge < -0.3 is 0 Å². The van der Waals surface area contributed by atoms with Crippen LogP contribution in [0.4, 0.5) is 35.1 Å². The predicted octanol–water partition coefficient (Wildman–Crippen LogP) is 10.3. The average Bonchev–Trinajstić information content (AvgIpc) is 2.93. The van der Waals surface area contributed by atoms with Gasteiger partial charge in [0.25, 0.3) is 0 Å². The first-order chi connectivity index (χ1) is 19.1. The van der Waals surface area contributed by atoms with Gasteiger partial charge in [0, 0.05) is 11.3 Å². The number of benzene rings is 4. The summed E-state index contributed by atoms with van der Waals surface area (Å²) in [5.41, 5.74) is 0.405. The lowest BCUT2D eigenvalue weighted by atomic mass is 9.97. The topological polar surface area (TPSA) is 0 Å². The minimum Gasteiger partial charge on any atom is -0.207 e. The number of thioether (sulfide) groups is 1. The van der Waals surface area contributed by atoms with Crippen LogP contribution in [0.2, 0.25) is 0 Å². The Kier molecular flexibility index (Phi) is 9.35. The minimum atomic E-state index is -1.75. The van der Waals surface area contributed by atoms with Crippen LogP contribution >= 0.6 is 11.8 Å². The van der Waals surface area contributed by atoms with E-state index in [1.54, 1.807) is 18.2 Å². The van der Waals surface area contributed by atoms with E-state index < -0.39 is 57.0 Å². The molecule has 0 saturated heterocycles. The Hall–Kier alpha value is -3.59. The quantitative estimate of drug-likeness (QED) is 0.141. The lowest BCUT2D eigenvalue weighted by molar-refractivity contribution is 0.447. The van der Waals surface area contributed by atoms with Crippen molar-refractivity contribution in [2.24, 2.45) is 0 Å². The molecule has 4 aromatic rings. The summed E-state index contributed by atoms with van der Waals surface area (Å²) in [5.74, 6) is -8.17. The lowest BCUT2D eigenvalue weighted by Crippen LogP contribution is -2.00. The van der Waals surface area contributed by atoms with Crippen molar-refractivity contribution in [3.8, 4) is 22.3 Å². The van der Waals surface area contributed by atoms with E-state index in [1.165, 1.54) is 24.3 Å². The number of rotatable bonds is 9. The van der Waals surface area contributed by atoms with Crippen LogP contribution in [0.1, 0.15) is 30.0 Å². The maximum absolute atomic E-state index is 14.9. The van der Waals surface area contributed by atoms with Gasteiger partial charge in [0.15, 0.2) is 28.4 Å². The van der Waals surface area contributed by atoms with Crippen LogP contribution in [-0.4, -0.2) is 5.75 Å². The fourth-order valence-corrected chi connectivity index (χ4v) is 4.76. The lowest BCUT2D eigenvalue weighted by Gasteiger charge is -2.11. The fraction of sp³-hybridized carbons (Fsp3) is 0.161. The van der Waals surface area contributed by atoms with Crippen molar-refractivity contribution in [1.82, 2.24) is 0 Å². The third-order valence-electron chi connectivity index (χ3n) is 6.19. The van der Waals surface area contributed by atoms with Crippen molar-refractivity contribution in [3.63, 3.8) is 0 Å². The standard InChI is InChI=1S/C31H22F8S/c1-2-11-40-31(39)29(37)20-8-5-18(6-9-20)21-10-7-19(23(32)14-21)4-3-17-12-24(33)28(25(34)13-17)22-15-26(35)30(38)27(36)16-22/h5-10,12-16H,2-4,11H2,1H3. The summed E-state index contributed by atoms with van der Waals surface area (Å²) in [4.78, 5) is 0. The van der Waals surface area contributed by atoms with E-state index >= 15 is 0 Å². The number of halogens is 8. The molecule has 0 aliphatic heterocycles. The second-order valence-electron chi connectivity index (χ2n) is 9.01. The number of hydrogen-bond acceptors (Lipinski definition) is 1. The Morgan fingerprint density at radius 3 is 1.77 bits per heavy atom. The second-order valence-corrected chi connectivity index (χ2v) is 10.1. The largest absolute Gasteiger partial charge is 0.207 e. The van der Waals surface area contributed by atoms with Gasteiger partial charge in [-0.15, -0.1) is 0 Å². The van der Waals surface area contributed by atoms with Crippen molar-refractivity contribution in [2.45, 2.75) is 26.2 Å². The minimum absolute atomic E-state index is 0.0540. The molecule has 4 rings (SSSR count). The molecule has 0 aliphatic rings. The van der Waals surface area contributed by atoms with Gasteiger partial charge in [-0.05, 0) is 77.4 Å². The Bertz CT molecular complexity index is 1510. The van der Waals surface area contributed by atoms with E-state index in [0.29, 0.717) is 35.4 Å². The zero-order valence-electron chi connectivity index (χ0n) is 21.1. The molecule has 9 heteroatoms. The van der Waals surface area contributed by atoms with Gasteiger partial charge in [0.1, 0.15) is 17.5 Å². The second kappa shape index (κ2) is 12.7. The van der Waals surface area contributed by atoms with Gasteiger partial charge in [0.2, 0.25) is 0 Å². The molecule has 0 radical (unpaired) electrons. The summed E-state index contributed by atoms with van der Waals surface area (Å²) in [6, 6.07) is 13.3. The highest BCUT2D eigenvalue weighted by Gasteiger charge is 2.19. The van der Waals surface area contributed by atoms with Crippen LogP contribution in [-0.2, 0) is 12.8 Å². The van der Waals surface area contributed by atoms with Crippen LogP contribution in [0.15, 0.2) is 71.9 Å². The molecule has 0 aliphatic carbocycles. The molecule has 208 valence electrons. The first kappa shape index (κ1) is 29.4. The Morgan fingerprint density at radius 2 is 1.20 bits per heavy atom. The highest BCUT2D eigenvalue weighted by atomic mass is 32.2.